The number of sulfonamides is 1. The van der Waals surface area contributed by atoms with Crippen LogP contribution in [0, 0.1) is 0 Å². The van der Waals surface area contributed by atoms with Crippen LogP contribution in [0.4, 0.5) is 5.82 Å². The van der Waals surface area contributed by atoms with Gasteiger partial charge < -0.3 is 16.0 Å². The zero-order valence-corrected chi connectivity index (χ0v) is 15.9. The fourth-order valence-corrected chi connectivity index (χ4v) is 5.14. The van der Waals surface area contributed by atoms with Crippen LogP contribution >= 0.6 is 0 Å². The summed E-state index contributed by atoms with van der Waals surface area (Å²) in [7, 11) is -3.24. The van der Waals surface area contributed by atoms with Crippen LogP contribution in [0.1, 0.15) is 48.7 Å². The molecule has 1 aliphatic heterocycles. The van der Waals surface area contributed by atoms with Crippen molar-refractivity contribution >= 4 is 26.9 Å². The van der Waals surface area contributed by atoms with Crippen molar-refractivity contribution in [2.24, 2.45) is 5.73 Å². The second kappa shape index (κ2) is 6.47. The van der Waals surface area contributed by atoms with Crippen molar-refractivity contribution in [2.45, 2.75) is 51.1 Å². The van der Waals surface area contributed by atoms with Crippen LogP contribution in [0.2, 0.25) is 0 Å². The van der Waals surface area contributed by atoms with Crippen LogP contribution in [-0.2, 0) is 29.5 Å². The first-order valence-corrected chi connectivity index (χ1v) is 11.1. The Labute approximate surface area is 153 Å². The van der Waals surface area contributed by atoms with E-state index in [1.165, 1.54) is 16.1 Å². The second-order valence-electron chi connectivity index (χ2n) is 7.35. The number of nitrogen functional groups attached to an aromatic ring is 1. The lowest BCUT2D eigenvalue weighted by atomic mass is 9.82. The lowest BCUT2D eigenvalue weighted by Crippen LogP contribution is -2.37. The summed E-state index contributed by atoms with van der Waals surface area (Å²) in [6.07, 6.45) is 6.45. The summed E-state index contributed by atoms with van der Waals surface area (Å²) in [5.74, 6) is 1.62. The molecular weight excluding hydrogens is 352 g/mol. The van der Waals surface area contributed by atoms with E-state index in [2.05, 4.69) is 14.5 Å². The van der Waals surface area contributed by atoms with Crippen LogP contribution in [0.3, 0.4) is 0 Å². The third-order valence-corrected chi connectivity index (χ3v) is 6.85. The molecule has 1 aliphatic carbocycles. The maximum absolute atomic E-state index is 11.9. The fourth-order valence-electron chi connectivity index (χ4n) is 4.37. The van der Waals surface area contributed by atoms with Gasteiger partial charge in [-0.05, 0) is 44.6 Å². The van der Waals surface area contributed by atoms with E-state index in [9.17, 15) is 8.42 Å². The monoisotopic (exact) mass is 378 g/mol. The number of pyridine rings is 1. The van der Waals surface area contributed by atoms with E-state index in [0.29, 0.717) is 36.9 Å². The molecule has 2 aromatic heterocycles. The van der Waals surface area contributed by atoms with E-state index >= 15 is 0 Å². The molecule has 2 aliphatic rings. The van der Waals surface area contributed by atoms with Gasteiger partial charge in [0.2, 0.25) is 10.0 Å². The van der Waals surface area contributed by atoms with E-state index in [1.807, 2.05) is 0 Å². The van der Waals surface area contributed by atoms with Crippen molar-refractivity contribution in [3.63, 3.8) is 0 Å². The molecule has 26 heavy (non-hydrogen) atoms. The van der Waals surface area contributed by atoms with Crippen molar-refractivity contribution in [1.82, 2.24) is 18.8 Å². The number of nitrogens with zero attached hydrogens (tertiary/aromatic N) is 4. The van der Waals surface area contributed by atoms with Crippen LogP contribution in [0.25, 0.3) is 11.0 Å². The third kappa shape index (κ3) is 2.87. The molecule has 0 saturated carbocycles. The molecule has 8 nitrogen and oxygen atoms in total. The van der Waals surface area contributed by atoms with Gasteiger partial charge in [-0.2, -0.15) is 4.31 Å². The Balaban J connectivity index is 1.87. The summed E-state index contributed by atoms with van der Waals surface area (Å²) in [5.41, 5.74) is 16.1. The molecule has 0 aromatic carbocycles. The highest BCUT2D eigenvalue weighted by Gasteiger charge is 2.31. The average molecular weight is 379 g/mol. The molecule has 9 heteroatoms. The van der Waals surface area contributed by atoms with Crippen LogP contribution < -0.4 is 11.5 Å². The van der Waals surface area contributed by atoms with Crippen LogP contribution in [0.5, 0.6) is 0 Å². The van der Waals surface area contributed by atoms with Crippen molar-refractivity contribution < 1.29 is 8.42 Å². The summed E-state index contributed by atoms with van der Waals surface area (Å²) in [5, 5.41) is 0. The van der Waals surface area contributed by atoms with E-state index < -0.39 is 10.0 Å². The summed E-state index contributed by atoms with van der Waals surface area (Å²) < 4.78 is 27.5. The van der Waals surface area contributed by atoms with Gasteiger partial charge >= 0.3 is 0 Å². The quantitative estimate of drug-likeness (QED) is 0.817. The van der Waals surface area contributed by atoms with Gasteiger partial charge in [0.05, 0.1) is 18.3 Å². The van der Waals surface area contributed by atoms with Crippen molar-refractivity contribution in [3.05, 3.63) is 17.1 Å². The van der Waals surface area contributed by atoms with Crippen LogP contribution in [-0.4, -0.2) is 46.6 Å². The molecule has 142 valence electrons. The molecule has 4 rings (SSSR count). The first kappa shape index (κ1) is 17.7. The number of aromatic nitrogens is 3. The van der Waals surface area contributed by atoms with Gasteiger partial charge in [-0.3, -0.25) is 0 Å². The highest BCUT2D eigenvalue weighted by atomic mass is 32.2. The summed E-state index contributed by atoms with van der Waals surface area (Å²) >= 11 is 0. The molecule has 0 saturated heterocycles. The molecule has 0 amide bonds. The summed E-state index contributed by atoms with van der Waals surface area (Å²) in [6.45, 7) is 2.03. The molecule has 0 spiro atoms. The van der Waals surface area contributed by atoms with Gasteiger partial charge in [-0.15, -0.1) is 0 Å². The minimum absolute atomic E-state index is 0.287. The lowest BCUT2D eigenvalue weighted by Gasteiger charge is -2.29. The number of imidazole rings is 1. The maximum atomic E-state index is 11.9. The van der Waals surface area contributed by atoms with Crippen molar-refractivity contribution in [2.75, 3.05) is 25.1 Å². The fraction of sp³-hybridized carbons (Fsp3) is 0.647. The van der Waals surface area contributed by atoms with Crippen molar-refractivity contribution in [3.8, 4) is 0 Å². The predicted octanol–water partition coefficient (Wildman–Crippen LogP) is 0.948. The molecule has 3 heterocycles. The number of anilines is 1. The summed E-state index contributed by atoms with van der Waals surface area (Å²) in [4.78, 5) is 9.33. The smallest absolute Gasteiger partial charge is 0.211 e. The highest BCUT2D eigenvalue weighted by molar-refractivity contribution is 7.88. The Morgan fingerprint density at radius 3 is 2.81 bits per heavy atom. The van der Waals surface area contributed by atoms with Crippen LogP contribution in [0.15, 0.2) is 0 Å². The molecule has 0 bridgehead atoms. The minimum Gasteiger partial charge on any atom is -0.382 e. The van der Waals surface area contributed by atoms with Gasteiger partial charge in [0.25, 0.3) is 0 Å². The average Bonchev–Trinajstić information content (AvgIpc) is 2.98. The summed E-state index contributed by atoms with van der Waals surface area (Å²) in [6, 6.07) is 0. The molecule has 4 N–H and O–H groups in total. The first-order valence-electron chi connectivity index (χ1n) is 9.22. The number of fused-ring (bicyclic) bond motifs is 5. The van der Waals surface area contributed by atoms with E-state index in [1.54, 1.807) is 0 Å². The molecule has 1 atom stereocenters. The highest BCUT2D eigenvalue weighted by Crippen LogP contribution is 2.40. The molecule has 2 aromatic rings. The molecule has 0 fully saturated rings. The normalized spacial score (nSPS) is 20.9. The van der Waals surface area contributed by atoms with Crippen molar-refractivity contribution in [1.29, 1.82) is 0 Å². The number of hydrogen-bond donors (Lipinski definition) is 2. The third-order valence-electron chi connectivity index (χ3n) is 5.60. The SMILES string of the molecule is CS(=O)(=O)N1CCn2c(nc3c(N)nc4c(c32)C(CCCN)CCC4)C1. The topological polar surface area (TPSA) is 120 Å². The number of hydrogen-bond acceptors (Lipinski definition) is 6. The van der Waals surface area contributed by atoms with Gasteiger partial charge in [0.1, 0.15) is 11.3 Å². The van der Waals surface area contributed by atoms with Gasteiger partial charge in [-0.1, -0.05) is 0 Å². The molecular formula is C17H26N6O2S. The lowest BCUT2D eigenvalue weighted by molar-refractivity contribution is 0.341. The van der Waals surface area contributed by atoms with E-state index in [-0.39, 0.29) is 6.54 Å². The predicted molar refractivity (Wildman–Crippen MR) is 101 cm³/mol. The standard InChI is InChI=1S/C17H26N6O2S/c1-26(24,25)22-8-9-23-13(10-22)21-15-16(23)14-11(5-3-7-18)4-2-6-12(14)20-17(15)19/h11H,2-10,18H2,1H3,(H2,19,20). The minimum atomic E-state index is -3.24. The molecule has 0 radical (unpaired) electrons. The zero-order valence-electron chi connectivity index (χ0n) is 15.1. The number of rotatable bonds is 4. The van der Waals surface area contributed by atoms with E-state index in [0.717, 1.165) is 49.1 Å². The first-order chi connectivity index (χ1) is 12.4. The van der Waals surface area contributed by atoms with Gasteiger partial charge in [0, 0.05) is 24.3 Å². The number of aryl methyl sites for hydroxylation is 1. The van der Waals surface area contributed by atoms with Gasteiger partial charge in [0.15, 0.2) is 5.82 Å². The Bertz CT molecular complexity index is 952. The zero-order chi connectivity index (χ0) is 18.5. The Morgan fingerprint density at radius 2 is 2.08 bits per heavy atom. The molecule has 1 unspecified atom stereocenters. The second-order valence-corrected chi connectivity index (χ2v) is 9.33. The Morgan fingerprint density at radius 1 is 1.27 bits per heavy atom. The Kier molecular flexibility index (Phi) is 4.40. The Hall–Kier alpha value is -1.71. The maximum Gasteiger partial charge on any atom is 0.211 e. The largest absolute Gasteiger partial charge is 0.382 e. The van der Waals surface area contributed by atoms with E-state index in [4.69, 9.17) is 11.5 Å². The number of nitrogens with two attached hydrogens (primary N) is 2. The van der Waals surface area contributed by atoms with Gasteiger partial charge in [-0.25, -0.2) is 18.4 Å².